The number of anilines is 2. The maximum atomic E-state index is 12.6. The number of nitrogens with zero attached hydrogens (tertiary/aromatic N) is 1. The lowest BCUT2D eigenvalue weighted by Crippen LogP contribution is -2.19. The quantitative estimate of drug-likeness (QED) is 0.606. The average Bonchev–Trinajstić information content (AvgIpc) is 3.15. The third kappa shape index (κ3) is 4.43. The Balaban J connectivity index is 1.40. The number of ether oxygens (including phenoxy) is 2. The van der Waals surface area contributed by atoms with Crippen molar-refractivity contribution < 1.29 is 27.4 Å². The molecule has 0 radical (unpaired) electrons. The van der Waals surface area contributed by atoms with Crippen molar-refractivity contribution in [1.29, 1.82) is 0 Å². The highest BCUT2D eigenvalue weighted by molar-refractivity contribution is 7.14. The fraction of sp³-hybridized carbons (Fsp3) is 0.158. The summed E-state index contributed by atoms with van der Waals surface area (Å²) in [6.07, 6.45) is -4.42. The highest BCUT2D eigenvalue weighted by atomic mass is 32.1. The zero-order valence-corrected chi connectivity index (χ0v) is 15.6. The normalized spacial score (nSPS) is 13.1. The van der Waals surface area contributed by atoms with Crippen LogP contribution in [-0.2, 0) is 6.18 Å². The van der Waals surface area contributed by atoms with Gasteiger partial charge in [0.05, 0.1) is 11.3 Å². The molecule has 1 aliphatic rings. The molecule has 3 aromatic rings. The van der Waals surface area contributed by atoms with Crippen LogP contribution in [0.4, 0.5) is 28.8 Å². The maximum absolute atomic E-state index is 12.6. The first-order chi connectivity index (χ1) is 13.9. The molecule has 0 fully saturated rings. The van der Waals surface area contributed by atoms with Crippen LogP contribution in [-0.4, -0.2) is 24.2 Å². The Kier molecular flexibility index (Phi) is 5.01. The number of thiazole rings is 1. The van der Waals surface area contributed by atoms with Crippen LogP contribution in [0.3, 0.4) is 0 Å². The van der Waals surface area contributed by atoms with Gasteiger partial charge in [-0.25, -0.2) is 9.78 Å². The van der Waals surface area contributed by atoms with Crippen LogP contribution in [0.1, 0.15) is 5.56 Å². The van der Waals surface area contributed by atoms with Gasteiger partial charge in [0.15, 0.2) is 16.6 Å². The number of benzene rings is 2. The molecule has 2 heterocycles. The Morgan fingerprint density at radius 1 is 1.00 bits per heavy atom. The van der Waals surface area contributed by atoms with E-state index in [4.69, 9.17) is 9.47 Å². The van der Waals surface area contributed by atoms with Gasteiger partial charge in [0, 0.05) is 16.6 Å². The van der Waals surface area contributed by atoms with Gasteiger partial charge in [0.25, 0.3) is 0 Å². The largest absolute Gasteiger partial charge is 0.486 e. The number of hydrogen-bond donors (Lipinski definition) is 2. The maximum Gasteiger partial charge on any atom is 0.416 e. The van der Waals surface area contributed by atoms with Crippen molar-refractivity contribution in [1.82, 2.24) is 4.98 Å². The highest BCUT2D eigenvalue weighted by Crippen LogP contribution is 2.35. The molecule has 0 saturated carbocycles. The second kappa shape index (κ2) is 7.63. The van der Waals surface area contributed by atoms with Gasteiger partial charge >= 0.3 is 12.2 Å². The van der Waals surface area contributed by atoms with Gasteiger partial charge in [-0.2, -0.15) is 13.2 Å². The van der Waals surface area contributed by atoms with E-state index in [-0.39, 0.29) is 5.69 Å². The Bertz CT molecular complexity index is 1040. The van der Waals surface area contributed by atoms with E-state index in [1.54, 1.807) is 11.4 Å². The van der Waals surface area contributed by atoms with E-state index in [1.807, 2.05) is 12.1 Å². The molecule has 150 valence electrons. The second-order valence-electron chi connectivity index (χ2n) is 6.05. The van der Waals surface area contributed by atoms with Crippen molar-refractivity contribution in [2.75, 3.05) is 23.8 Å². The average molecular weight is 421 g/mol. The van der Waals surface area contributed by atoms with Gasteiger partial charge in [-0.15, -0.1) is 11.3 Å². The molecule has 0 bridgehead atoms. The lowest BCUT2D eigenvalue weighted by molar-refractivity contribution is -0.137. The number of carbonyl (C=O) groups excluding carboxylic acids is 1. The molecule has 2 N–H and O–H groups in total. The van der Waals surface area contributed by atoms with Crippen LogP contribution in [0.5, 0.6) is 11.5 Å². The predicted octanol–water partition coefficient (Wildman–Crippen LogP) is 5.24. The van der Waals surface area contributed by atoms with Gasteiger partial charge < -0.3 is 14.8 Å². The zero-order chi connectivity index (χ0) is 20.4. The molecule has 0 atom stereocenters. The topological polar surface area (TPSA) is 72.5 Å². The number of aromatic nitrogens is 1. The third-order valence-electron chi connectivity index (χ3n) is 4.03. The van der Waals surface area contributed by atoms with E-state index in [1.165, 1.54) is 23.5 Å². The zero-order valence-electron chi connectivity index (χ0n) is 14.7. The SMILES string of the molecule is O=C(Nc1ccc(C(F)(F)F)cc1)Nc1nc(-c2ccc3c(c2)OCCO3)cs1. The molecule has 2 aromatic carbocycles. The first-order valence-electron chi connectivity index (χ1n) is 8.49. The van der Waals surface area contributed by atoms with E-state index in [0.29, 0.717) is 35.5 Å². The fourth-order valence-corrected chi connectivity index (χ4v) is 3.38. The second-order valence-corrected chi connectivity index (χ2v) is 6.91. The molecule has 1 aliphatic heterocycles. The van der Waals surface area contributed by atoms with E-state index in [2.05, 4.69) is 15.6 Å². The molecule has 0 saturated heterocycles. The van der Waals surface area contributed by atoms with Gasteiger partial charge in [-0.3, -0.25) is 5.32 Å². The number of halogens is 3. The van der Waals surface area contributed by atoms with E-state index in [9.17, 15) is 18.0 Å². The van der Waals surface area contributed by atoms with Crippen molar-refractivity contribution in [3.05, 3.63) is 53.4 Å². The molecule has 6 nitrogen and oxygen atoms in total. The molecule has 0 spiro atoms. The molecular formula is C19H14F3N3O3S. The Morgan fingerprint density at radius 3 is 2.45 bits per heavy atom. The van der Waals surface area contributed by atoms with E-state index in [0.717, 1.165) is 17.7 Å². The molecule has 1 aromatic heterocycles. The summed E-state index contributed by atoms with van der Waals surface area (Å²) in [5, 5.41) is 7.16. The summed E-state index contributed by atoms with van der Waals surface area (Å²) in [6.45, 7) is 0.982. The van der Waals surface area contributed by atoms with Crippen molar-refractivity contribution in [2.45, 2.75) is 6.18 Å². The minimum Gasteiger partial charge on any atom is -0.486 e. The van der Waals surface area contributed by atoms with Crippen molar-refractivity contribution >= 4 is 28.2 Å². The first kappa shape index (κ1) is 19.1. The molecular weight excluding hydrogens is 407 g/mol. The molecule has 2 amide bonds. The van der Waals surface area contributed by atoms with Crippen LogP contribution >= 0.6 is 11.3 Å². The molecule has 4 rings (SSSR count). The number of nitrogens with one attached hydrogen (secondary N) is 2. The molecule has 29 heavy (non-hydrogen) atoms. The predicted molar refractivity (Wildman–Crippen MR) is 103 cm³/mol. The lowest BCUT2D eigenvalue weighted by atomic mass is 10.1. The molecule has 10 heteroatoms. The van der Waals surface area contributed by atoms with Crippen LogP contribution < -0.4 is 20.1 Å². The summed E-state index contributed by atoms with van der Waals surface area (Å²) < 4.78 is 48.8. The number of carbonyl (C=O) groups is 1. The monoisotopic (exact) mass is 421 g/mol. The smallest absolute Gasteiger partial charge is 0.416 e. The van der Waals surface area contributed by atoms with Crippen LogP contribution in [0.15, 0.2) is 47.8 Å². The summed E-state index contributed by atoms with van der Waals surface area (Å²) in [7, 11) is 0. The minimum atomic E-state index is -4.42. The Morgan fingerprint density at radius 2 is 1.72 bits per heavy atom. The number of alkyl halides is 3. The fourth-order valence-electron chi connectivity index (χ4n) is 2.67. The Hall–Kier alpha value is -3.27. The number of rotatable bonds is 3. The van der Waals surface area contributed by atoms with Gasteiger partial charge in [0.2, 0.25) is 0 Å². The van der Waals surface area contributed by atoms with Gasteiger partial charge in [-0.1, -0.05) is 0 Å². The summed E-state index contributed by atoms with van der Waals surface area (Å²) >= 11 is 1.22. The van der Waals surface area contributed by atoms with Crippen molar-refractivity contribution in [3.8, 4) is 22.8 Å². The van der Waals surface area contributed by atoms with Gasteiger partial charge in [0.1, 0.15) is 13.2 Å². The number of fused-ring (bicyclic) bond motifs is 1. The number of urea groups is 1. The number of amides is 2. The summed E-state index contributed by atoms with van der Waals surface area (Å²) in [6, 6.07) is 9.03. The van der Waals surface area contributed by atoms with Crippen LogP contribution in [0.25, 0.3) is 11.3 Å². The van der Waals surface area contributed by atoms with Crippen molar-refractivity contribution in [2.24, 2.45) is 0 Å². The number of hydrogen-bond acceptors (Lipinski definition) is 5. The molecule has 0 unspecified atom stereocenters. The van der Waals surface area contributed by atoms with Crippen molar-refractivity contribution in [3.63, 3.8) is 0 Å². The summed E-state index contributed by atoms with van der Waals surface area (Å²) in [4.78, 5) is 16.4. The van der Waals surface area contributed by atoms with E-state index >= 15 is 0 Å². The molecule has 0 aliphatic carbocycles. The minimum absolute atomic E-state index is 0.235. The first-order valence-corrected chi connectivity index (χ1v) is 9.37. The standard InChI is InChI=1S/C19H14F3N3O3S/c20-19(21,22)12-2-4-13(5-3-12)23-17(26)25-18-24-14(10-29-18)11-1-6-15-16(9-11)28-8-7-27-15/h1-6,9-10H,7-8H2,(H2,23,24,25,26). The van der Waals surface area contributed by atoms with Crippen LogP contribution in [0, 0.1) is 0 Å². The van der Waals surface area contributed by atoms with Crippen LogP contribution in [0.2, 0.25) is 0 Å². The summed E-state index contributed by atoms with van der Waals surface area (Å²) in [5.74, 6) is 1.31. The highest BCUT2D eigenvalue weighted by Gasteiger charge is 2.30. The Labute approximate surface area is 167 Å². The lowest BCUT2D eigenvalue weighted by Gasteiger charge is -2.18. The van der Waals surface area contributed by atoms with E-state index < -0.39 is 17.8 Å². The van der Waals surface area contributed by atoms with Gasteiger partial charge in [-0.05, 0) is 42.5 Å². The third-order valence-corrected chi connectivity index (χ3v) is 4.79. The summed E-state index contributed by atoms with van der Waals surface area (Å²) in [5.41, 5.74) is 0.907.